The molecule has 1 aromatic rings. The third-order valence-corrected chi connectivity index (χ3v) is 4.37. The van der Waals surface area contributed by atoms with Gasteiger partial charge in [-0.1, -0.05) is 0 Å². The van der Waals surface area contributed by atoms with Crippen molar-refractivity contribution in [3.05, 3.63) is 29.8 Å². The van der Waals surface area contributed by atoms with Crippen molar-refractivity contribution in [1.82, 2.24) is 10.2 Å². The number of benzene rings is 1. The molecule has 0 spiro atoms. The van der Waals surface area contributed by atoms with E-state index in [9.17, 15) is 5.11 Å². The highest BCUT2D eigenvalue weighted by atomic mass is 16.5. The lowest BCUT2D eigenvalue weighted by molar-refractivity contribution is 0.0290. The molecule has 3 atom stereocenters. The fourth-order valence-electron chi connectivity index (χ4n) is 3.45. The number of nitrogens with zero attached hydrogens (tertiary/aromatic N) is 3. The van der Waals surface area contributed by atoms with Crippen LogP contribution in [0.1, 0.15) is 12.0 Å². The SMILES string of the molecule is N#Cc1ccc(OCC(O)CN2CC3C[N]CC(C3)C2)cc1. The average molecular weight is 300 g/mol. The van der Waals surface area contributed by atoms with Gasteiger partial charge in [-0.3, -0.25) is 4.90 Å². The number of hydrogen-bond acceptors (Lipinski definition) is 4. The first-order valence-electron chi connectivity index (χ1n) is 7.89. The Morgan fingerprint density at radius 3 is 2.59 bits per heavy atom. The molecular formula is C17H22N3O2. The molecule has 2 saturated heterocycles. The molecule has 2 heterocycles. The van der Waals surface area contributed by atoms with Crippen LogP contribution in [0, 0.1) is 23.2 Å². The van der Waals surface area contributed by atoms with Gasteiger partial charge in [-0.05, 0) is 42.5 Å². The molecule has 2 fully saturated rings. The highest BCUT2D eigenvalue weighted by Gasteiger charge is 2.31. The van der Waals surface area contributed by atoms with Crippen molar-refractivity contribution in [1.29, 1.82) is 5.26 Å². The van der Waals surface area contributed by atoms with E-state index in [2.05, 4.69) is 16.3 Å². The van der Waals surface area contributed by atoms with E-state index in [1.54, 1.807) is 24.3 Å². The minimum atomic E-state index is -0.494. The van der Waals surface area contributed by atoms with Crippen molar-refractivity contribution >= 4 is 0 Å². The van der Waals surface area contributed by atoms with Gasteiger partial charge >= 0.3 is 0 Å². The van der Waals surface area contributed by atoms with Crippen LogP contribution < -0.4 is 10.1 Å². The van der Waals surface area contributed by atoms with Crippen molar-refractivity contribution in [2.45, 2.75) is 12.5 Å². The third kappa shape index (κ3) is 3.98. The molecule has 2 aliphatic heterocycles. The molecule has 0 aromatic heterocycles. The Balaban J connectivity index is 1.44. The lowest BCUT2D eigenvalue weighted by Gasteiger charge is -2.41. The summed E-state index contributed by atoms with van der Waals surface area (Å²) in [5, 5.41) is 23.5. The molecule has 3 rings (SSSR count). The number of piperidine rings is 2. The van der Waals surface area contributed by atoms with E-state index >= 15 is 0 Å². The van der Waals surface area contributed by atoms with E-state index in [1.165, 1.54) is 6.42 Å². The molecule has 2 aliphatic rings. The largest absolute Gasteiger partial charge is 0.491 e. The highest BCUT2D eigenvalue weighted by Crippen LogP contribution is 2.25. The average Bonchev–Trinajstić information content (AvgIpc) is 2.53. The third-order valence-electron chi connectivity index (χ3n) is 4.37. The summed E-state index contributed by atoms with van der Waals surface area (Å²) < 4.78 is 5.60. The molecule has 3 unspecified atom stereocenters. The van der Waals surface area contributed by atoms with E-state index in [-0.39, 0.29) is 6.61 Å². The summed E-state index contributed by atoms with van der Waals surface area (Å²) in [5.41, 5.74) is 0.609. The van der Waals surface area contributed by atoms with Gasteiger partial charge in [-0.2, -0.15) is 5.26 Å². The quantitative estimate of drug-likeness (QED) is 0.875. The second kappa shape index (κ2) is 7.10. The number of likely N-dealkylation sites (tertiary alicyclic amines) is 1. The fraction of sp³-hybridized carbons (Fsp3) is 0.588. The monoisotopic (exact) mass is 300 g/mol. The zero-order valence-electron chi connectivity index (χ0n) is 12.7. The number of rotatable bonds is 5. The van der Waals surface area contributed by atoms with Gasteiger partial charge in [0.05, 0.1) is 11.6 Å². The summed E-state index contributed by atoms with van der Waals surface area (Å²) in [6.07, 6.45) is 0.795. The lowest BCUT2D eigenvalue weighted by Crippen LogP contribution is -2.51. The van der Waals surface area contributed by atoms with Crippen molar-refractivity contribution in [2.75, 3.05) is 39.3 Å². The minimum absolute atomic E-state index is 0.280. The van der Waals surface area contributed by atoms with E-state index in [4.69, 9.17) is 10.00 Å². The zero-order valence-corrected chi connectivity index (χ0v) is 12.7. The van der Waals surface area contributed by atoms with Crippen molar-refractivity contribution in [2.24, 2.45) is 11.8 Å². The summed E-state index contributed by atoms with van der Waals surface area (Å²) in [7, 11) is 0. The smallest absolute Gasteiger partial charge is 0.119 e. The summed E-state index contributed by atoms with van der Waals surface area (Å²) in [6.45, 7) is 4.96. The van der Waals surface area contributed by atoms with Gasteiger partial charge in [-0.15, -0.1) is 0 Å². The van der Waals surface area contributed by atoms with Crippen LogP contribution in [0.2, 0.25) is 0 Å². The predicted octanol–water partition coefficient (Wildman–Crippen LogP) is 0.854. The van der Waals surface area contributed by atoms with E-state index in [0.717, 1.165) is 26.2 Å². The standard InChI is InChI=1S/C17H22N3O2/c18-6-13-1-3-17(4-2-13)22-12-16(21)11-20-9-14-5-15(10-20)8-19-7-14/h1-4,14-16,21H,5,7-12H2. The number of aliphatic hydroxyl groups is 1. The molecule has 5 nitrogen and oxygen atoms in total. The van der Waals surface area contributed by atoms with Gasteiger partial charge in [0.1, 0.15) is 18.5 Å². The summed E-state index contributed by atoms with van der Waals surface area (Å²) in [5.74, 6) is 2.02. The van der Waals surface area contributed by atoms with E-state index in [1.807, 2.05) is 0 Å². The summed E-state index contributed by atoms with van der Waals surface area (Å²) in [4.78, 5) is 2.35. The Hall–Kier alpha value is -1.61. The Bertz CT molecular complexity index is 514. The number of hydrogen-bond donors (Lipinski definition) is 1. The van der Waals surface area contributed by atoms with Crippen LogP contribution >= 0.6 is 0 Å². The normalized spacial score (nSPS) is 26.2. The highest BCUT2D eigenvalue weighted by molar-refractivity contribution is 5.34. The fourth-order valence-corrected chi connectivity index (χ4v) is 3.45. The molecule has 0 aliphatic carbocycles. The summed E-state index contributed by atoms with van der Waals surface area (Å²) >= 11 is 0. The number of aliphatic hydroxyl groups excluding tert-OH is 1. The number of fused-ring (bicyclic) bond motifs is 2. The molecule has 5 heteroatoms. The lowest BCUT2D eigenvalue weighted by atomic mass is 9.86. The minimum Gasteiger partial charge on any atom is -0.491 e. The van der Waals surface area contributed by atoms with Crippen LogP contribution in [0.5, 0.6) is 5.75 Å². The van der Waals surface area contributed by atoms with Crippen molar-refractivity contribution in [3.8, 4) is 11.8 Å². The maximum absolute atomic E-state index is 10.2. The molecule has 22 heavy (non-hydrogen) atoms. The zero-order chi connectivity index (χ0) is 15.4. The van der Waals surface area contributed by atoms with Crippen LogP contribution in [0.25, 0.3) is 0 Å². The first-order valence-corrected chi connectivity index (χ1v) is 7.89. The number of β-amino-alcohol motifs (C(OH)–C–C–N with tert-alkyl or cyclic N) is 1. The molecule has 1 aromatic carbocycles. The van der Waals surface area contributed by atoms with E-state index in [0.29, 0.717) is 29.7 Å². The molecule has 1 radical (unpaired) electrons. The second-order valence-electron chi connectivity index (χ2n) is 6.38. The molecule has 0 saturated carbocycles. The van der Waals surface area contributed by atoms with Gasteiger partial charge in [0.25, 0.3) is 0 Å². The molecule has 1 N–H and O–H groups in total. The maximum Gasteiger partial charge on any atom is 0.119 e. The van der Waals surface area contributed by atoms with Crippen LogP contribution in [-0.2, 0) is 0 Å². The predicted molar refractivity (Wildman–Crippen MR) is 82.6 cm³/mol. The Morgan fingerprint density at radius 2 is 1.95 bits per heavy atom. The van der Waals surface area contributed by atoms with Gasteiger partial charge in [0, 0.05) is 32.7 Å². The molecule has 0 amide bonds. The first-order chi connectivity index (χ1) is 10.7. The van der Waals surface area contributed by atoms with Crippen molar-refractivity contribution < 1.29 is 9.84 Å². The summed E-state index contributed by atoms with van der Waals surface area (Å²) in [6, 6.07) is 9.04. The topological polar surface area (TPSA) is 70.6 Å². The number of ether oxygens (including phenoxy) is 1. The Morgan fingerprint density at radius 1 is 1.27 bits per heavy atom. The second-order valence-corrected chi connectivity index (χ2v) is 6.38. The molecule has 2 bridgehead atoms. The van der Waals surface area contributed by atoms with Gasteiger partial charge in [-0.25, -0.2) is 5.32 Å². The van der Waals surface area contributed by atoms with Gasteiger partial charge < -0.3 is 9.84 Å². The Kier molecular flexibility index (Phi) is 4.94. The van der Waals surface area contributed by atoms with Crippen LogP contribution in [0.15, 0.2) is 24.3 Å². The van der Waals surface area contributed by atoms with Crippen LogP contribution in [0.3, 0.4) is 0 Å². The van der Waals surface area contributed by atoms with Crippen LogP contribution in [-0.4, -0.2) is 55.4 Å². The molecule has 117 valence electrons. The maximum atomic E-state index is 10.2. The van der Waals surface area contributed by atoms with Gasteiger partial charge in [0.2, 0.25) is 0 Å². The van der Waals surface area contributed by atoms with Crippen molar-refractivity contribution in [3.63, 3.8) is 0 Å². The number of nitriles is 1. The van der Waals surface area contributed by atoms with E-state index < -0.39 is 6.10 Å². The molecular weight excluding hydrogens is 278 g/mol. The van der Waals surface area contributed by atoms with Crippen LogP contribution in [0.4, 0.5) is 0 Å². The first kappa shape index (κ1) is 15.3. The van der Waals surface area contributed by atoms with Gasteiger partial charge in [0.15, 0.2) is 0 Å². The Labute approximate surface area is 131 Å².